The molecule has 0 atom stereocenters. The number of nitrogens with one attached hydrogen (secondary N) is 1. The first-order valence-electron chi connectivity index (χ1n) is 6.40. The number of amides is 1. The lowest BCUT2D eigenvalue weighted by molar-refractivity contribution is -0.141. The molecular formula is C14H12F3N3O2S. The number of rotatable bonds is 4. The number of thioether (sulfide) groups is 1. The molecule has 122 valence electrons. The second-order valence-corrected chi connectivity index (χ2v) is 5.47. The van der Waals surface area contributed by atoms with Crippen LogP contribution >= 0.6 is 11.8 Å². The smallest absolute Gasteiger partial charge is 0.315 e. The third-order valence-electron chi connectivity index (χ3n) is 2.86. The molecule has 0 radical (unpaired) electrons. The molecule has 1 N–H and O–H groups in total. The minimum atomic E-state index is -4.71. The number of nitrogens with zero attached hydrogens (tertiary/aromatic N) is 2. The van der Waals surface area contributed by atoms with Gasteiger partial charge in [0.25, 0.3) is 5.56 Å². The van der Waals surface area contributed by atoms with Crippen molar-refractivity contribution < 1.29 is 18.0 Å². The van der Waals surface area contributed by atoms with Crippen LogP contribution in [0.4, 0.5) is 18.9 Å². The third kappa shape index (κ3) is 4.59. The van der Waals surface area contributed by atoms with E-state index >= 15 is 0 Å². The van der Waals surface area contributed by atoms with Gasteiger partial charge in [0.05, 0.1) is 5.75 Å². The van der Waals surface area contributed by atoms with Crippen LogP contribution in [0.5, 0.6) is 0 Å². The highest BCUT2D eigenvalue weighted by molar-refractivity contribution is 7.99. The zero-order chi connectivity index (χ0) is 17.0. The Morgan fingerprint density at radius 1 is 1.30 bits per heavy atom. The van der Waals surface area contributed by atoms with E-state index in [1.54, 1.807) is 37.4 Å². The van der Waals surface area contributed by atoms with Gasteiger partial charge in [-0.3, -0.25) is 9.59 Å². The summed E-state index contributed by atoms with van der Waals surface area (Å²) < 4.78 is 37.8. The Kier molecular flexibility index (Phi) is 5.09. The number of anilines is 1. The van der Waals surface area contributed by atoms with Crippen molar-refractivity contribution in [3.05, 3.63) is 52.4 Å². The number of carbonyl (C=O) groups excluding carboxylic acids is 1. The molecule has 0 unspecified atom stereocenters. The van der Waals surface area contributed by atoms with E-state index in [2.05, 4.69) is 9.97 Å². The summed E-state index contributed by atoms with van der Waals surface area (Å²) in [4.78, 5) is 30.2. The molecule has 0 bridgehead atoms. The van der Waals surface area contributed by atoms with E-state index in [1.165, 1.54) is 4.90 Å². The van der Waals surface area contributed by atoms with Gasteiger partial charge < -0.3 is 9.88 Å². The highest BCUT2D eigenvalue weighted by Gasteiger charge is 2.33. The molecule has 23 heavy (non-hydrogen) atoms. The van der Waals surface area contributed by atoms with Gasteiger partial charge in [0.2, 0.25) is 5.91 Å². The summed E-state index contributed by atoms with van der Waals surface area (Å²) in [6.07, 6.45) is -4.71. The fourth-order valence-electron chi connectivity index (χ4n) is 1.67. The van der Waals surface area contributed by atoms with Gasteiger partial charge in [-0.25, -0.2) is 4.98 Å². The van der Waals surface area contributed by atoms with Crippen molar-refractivity contribution in [1.82, 2.24) is 9.97 Å². The van der Waals surface area contributed by atoms with Gasteiger partial charge in [-0.15, -0.1) is 0 Å². The minimum absolute atomic E-state index is 0.157. The number of carbonyl (C=O) groups is 1. The standard InChI is InChI=1S/C14H12F3N3O2S/c1-20(9-5-3-2-4-6-9)12(22)8-23-13-18-10(14(15,16)17)7-11(21)19-13/h2-7H,8H2,1H3,(H,18,19,21). The number of H-pyrrole nitrogens is 1. The lowest BCUT2D eigenvalue weighted by Gasteiger charge is -2.16. The summed E-state index contributed by atoms with van der Waals surface area (Å²) in [5.74, 6) is -0.489. The van der Waals surface area contributed by atoms with Crippen LogP contribution in [0.3, 0.4) is 0 Å². The molecule has 0 aliphatic heterocycles. The van der Waals surface area contributed by atoms with E-state index in [0.717, 1.165) is 11.8 Å². The molecule has 0 saturated heterocycles. The van der Waals surface area contributed by atoms with Gasteiger partial charge in [0.1, 0.15) is 0 Å². The topological polar surface area (TPSA) is 66.1 Å². The normalized spacial score (nSPS) is 11.3. The average molecular weight is 343 g/mol. The Morgan fingerprint density at radius 3 is 2.57 bits per heavy atom. The van der Waals surface area contributed by atoms with Gasteiger partial charge in [0.15, 0.2) is 10.9 Å². The van der Waals surface area contributed by atoms with Crippen LogP contribution in [0.1, 0.15) is 5.69 Å². The maximum absolute atomic E-state index is 12.6. The Morgan fingerprint density at radius 2 is 1.96 bits per heavy atom. The second kappa shape index (κ2) is 6.86. The summed E-state index contributed by atoms with van der Waals surface area (Å²) in [5.41, 5.74) is -1.55. The molecule has 5 nitrogen and oxygen atoms in total. The Labute approximate surface area is 133 Å². The summed E-state index contributed by atoms with van der Waals surface area (Å²) in [7, 11) is 1.56. The fraction of sp³-hybridized carbons (Fsp3) is 0.214. The maximum Gasteiger partial charge on any atom is 0.433 e. The molecule has 2 aromatic rings. The Bertz CT molecular complexity index is 747. The monoisotopic (exact) mass is 343 g/mol. The molecule has 1 amide bonds. The molecule has 0 aliphatic rings. The average Bonchev–Trinajstić information content (AvgIpc) is 2.51. The minimum Gasteiger partial charge on any atom is -0.315 e. The van der Waals surface area contributed by atoms with Crippen LogP contribution in [0, 0.1) is 0 Å². The summed E-state index contributed by atoms with van der Waals surface area (Å²) in [6, 6.07) is 9.16. The van der Waals surface area contributed by atoms with E-state index in [1.807, 2.05) is 0 Å². The number of aromatic amines is 1. The quantitative estimate of drug-likeness (QED) is 0.684. The summed E-state index contributed by atoms with van der Waals surface area (Å²) >= 11 is 0.738. The van der Waals surface area contributed by atoms with Crippen molar-refractivity contribution in [3.63, 3.8) is 0 Å². The molecule has 1 heterocycles. The molecule has 1 aromatic heterocycles. The van der Waals surface area contributed by atoms with Crippen LogP contribution < -0.4 is 10.5 Å². The molecular weight excluding hydrogens is 331 g/mol. The largest absolute Gasteiger partial charge is 0.433 e. The SMILES string of the molecule is CN(C(=O)CSc1nc(C(F)(F)F)cc(=O)[nH]1)c1ccccc1. The Balaban J connectivity index is 2.08. The van der Waals surface area contributed by atoms with Gasteiger partial charge in [0, 0.05) is 18.8 Å². The number of hydrogen-bond donors (Lipinski definition) is 1. The molecule has 9 heteroatoms. The fourth-order valence-corrected chi connectivity index (χ4v) is 2.46. The maximum atomic E-state index is 12.6. The first-order chi connectivity index (χ1) is 10.8. The lowest BCUT2D eigenvalue weighted by atomic mass is 10.3. The van der Waals surface area contributed by atoms with Crippen molar-refractivity contribution in [1.29, 1.82) is 0 Å². The van der Waals surface area contributed by atoms with Crippen LogP contribution in [0.25, 0.3) is 0 Å². The molecule has 0 saturated carbocycles. The third-order valence-corrected chi connectivity index (χ3v) is 3.72. The van der Waals surface area contributed by atoms with Crippen molar-refractivity contribution >= 4 is 23.4 Å². The number of benzene rings is 1. The van der Waals surface area contributed by atoms with Gasteiger partial charge >= 0.3 is 6.18 Å². The summed E-state index contributed by atoms with van der Waals surface area (Å²) in [5, 5.41) is -0.250. The van der Waals surface area contributed by atoms with Gasteiger partial charge in [-0.2, -0.15) is 13.2 Å². The molecule has 2 rings (SSSR count). The zero-order valence-electron chi connectivity index (χ0n) is 11.9. The predicted molar refractivity (Wildman–Crippen MR) is 80.4 cm³/mol. The van der Waals surface area contributed by atoms with Crippen LogP contribution in [0.15, 0.2) is 46.3 Å². The molecule has 0 fully saturated rings. The second-order valence-electron chi connectivity index (χ2n) is 4.51. The molecule has 1 aromatic carbocycles. The van der Waals surface area contributed by atoms with E-state index in [-0.39, 0.29) is 16.8 Å². The molecule has 0 spiro atoms. The number of hydrogen-bond acceptors (Lipinski definition) is 4. The number of alkyl halides is 3. The van der Waals surface area contributed by atoms with E-state index in [0.29, 0.717) is 11.8 Å². The van der Waals surface area contributed by atoms with Crippen molar-refractivity contribution in [3.8, 4) is 0 Å². The van der Waals surface area contributed by atoms with Crippen LogP contribution in [0.2, 0.25) is 0 Å². The van der Waals surface area contributed by atoms with Crippen LogP contribution in [-0.2, 0) is 11.0 Å². The first-order valence-corrected chi connectivity index (χ1v) is 7.39. The first kappa shape index (κ1) is 17.1. The highest BCUT2D eigenvalue weighted by Crippen LogP contribution is 2.27. The Hall–Kier alpha value is -2.29. The van der Waals surface area contributed by atoms with E-state index in [9.17, 15) is 22.8 Å². The van der Waals surface area contributed by atoms with Crippen LogP contribution in [-0.4, -0.2) is 28.7 Å². The molecule has 0 aliphatic carbocycles. The number of halogens is 3. The zero-order valence-corrected chi connectivity index (χ0v) is 12.7. The number of para-hydroxylation sites is 1. The van der Waals surface area contributed by atoms with Crippen molar-refractivity contribution in [2.24, 2.45) is 0 Å². The lowest BCUT2D eigenvalue weighted by Crippen LogP contribution is -2.28. The predicted octanol–water partition coefficient (Wildman–Crippen LogP) is 2.54. The van der Waals surface area contributed by atoms with E-state index < -0.39 is 17.4 Å². The number of aromatic nitrogens is 2. The highest BCUT2D eigenvalue weighted by atomic mass is 32.2. The van der Waals surface area contributed by atoms with Crippen molar-refractivity contribution in [2.45, 2.75) is 11.3 Å². The van der Waals surface area contributed by atoms with Gasteiger partial charge in [-0.05, 0) is 12.1 Å². The van der Waals surface area contributed by atoms with Gasteiger partial charge in [-0.1, -0.05) is 30.0 Å². The van der Waals surface area contributed by atoms with Crippen molar-refractivity contribution in [2.75, 3.05) is 17.7 Å². The summed E-state index contributed by atoms with van der Waals surface area (Å²) in [6.45, 7) is 0. The van der Waals surface area contributed by atoms with E-state index in [4.69, 9.17) is 0 Å².